The minimum Gasteiger partial charge on any atom is -0.497 e. The fourth-order valence-electron chi connectivity index (χ4n) is 2.71. The summed E-state index contributed by atoms with van der Waals surface area (Å²) in [7, 11) is 7.23. The highest BCUT2D eigenvalue weighted by Gasteiger charge is 2.12. The second-order valence-corrected chi connectivity index (χ2v) is 7.23. The predicted octanol–water partition coefficient (Wildman–Crippen LogP) is 3.50. The molecule has 1 unspecified atom stereocenters. The first-order valence-corrected chi connectivity index (χ1v) is 9.97. The summed E-state index contributed by atoms with van der Waals surface area (Å²) in [5, 5.41) is 6.51. The Morgan fingerprint density at radius 1 is 1.37 bits per heavy atom. The molecule has 0 bridgehead atoms. The van der Waals surface area contributed by atoms with Crippen molar-refractivity contribution >= 4 is 17.3 Å². The Balaban J connectivity index is 1.79. The molecule has 1 aromatic heterocycles. The van der Waals surface area contributed by atoms with Crippen molar-refractivity contribution < 1.29 is 9.47 Å². The lowest BCUT2D eigenvalue weighted by molar-refractivity contribution is 0.119. The second kappa shape index (κ2) is 10.9. The lowest BCUT2D eigenvalue weighted by atomic mass is 10.1. The average Bonchev–Trinajstić information content (AvgIpc) is 3.15. The van der Waals surface area contributed by atoms with Gasteiger partial charge in [0.05, 0.1) is 19.3 Å². The molecule has 7 heteroatoms. The van der Waals surface area contributed by atoms with Gasteiger partial charge in [-0.25, -0.2) is 4.98 Å². The molecule has 1 aromatic carbocycles. The van der Waals surface area contributed by atoms with Gasteiger partial charge in [-0.05, 0) is 37.5 Å². The molecule has 2 rings (SSSR count). The Labute approximate surface area is 166 Å². The van der Waals surface area contributed by atoms with Gasteiger partial charge in [-0.15, -0.1) is 11.3 Å². The first-order chi connectivity index (χ1) is 13.1. The van der Waals surface area contributed by atoms with Crippen molar-refractivity contribution in [3.63, 3.8) is 0 Å². The largest absolute Gasteiger partial charge is 0.497 e. The van der Waals surface area contributed by atoms with Crippen LogP contribution in [-0.2, 0) is 17.7 Å². The van der Waals surface area contributed by atoms with Crippen LogP contribution >= 0.6 is 11.3 Å². The maximum Gasteiger partial charge on any atom is 0.193 e. The zero-order chi connectivity index (χ0) is 19.6. The SMILES string of the molecule is CN=C(NCCCc1cccc(OC)c1)N(C)Cc1csc(C(C)OC)n1. The summed E-state index contributed by atoms with van der Waals surface area (Å²) in [5.74, 6) is 1.77. The number of guanidine groups is 1. The van der Waals surface area contributed by atoms with E-state index in [9.17, 15) is 0 Å². The van der Waals surface area contributed by atoms with Gasteiger partial charge in [-0.1, -0.05) is 12.1 Å². The molecule has 148 valence electrons. The van der Waals surface area contributed by atoms with E-state index in [1.54, 1.807) is 32.6 Å². The molecule has 1 N–H and O–H groups in total. The highest BCUT2D eigenvalue weighted by molar-refractivity contribution is 7.09. The fourth-order valence-corrected chi connectivity index (χ4v) is 3.55. The van der Waals surface area contributed by atoms with Gasteiger partial charge in [-0.3, -0.25) is 4.99 Å². The summed E-state index contributed by atoms with van der Waals surface area (Å²) in [6, 6.07) is 8.21. The van der Waals surface area contributed by atoms with Crippen LogP contribution in [0.2, 0.25) is 0 Å². The number of rotatable bonds is 9. The van der Waals surface area contributed by atoms with Crippen LogP contribution < -0.4 is 10.1 Å². The van der Waals surface area contributed by atoms with E-state index in [2.05, 4.69) is 37.7 Å². The van der Waals surface area contributed by atoms with E-state index in [1.807, 2.05) is 26.1 Å². The molecule has 0 saturated carbocycles. The number of benzene rings is 1. The Bertz CT molecular complexity index is 732. The number of hydrogen-bond donors (Lipinski definition) is 1. The van der Waals surface area contributed by atoms with Crippen LogP contribution in [0.3, 0.4) is 0 Å². The number of ether oxygens (including phenoxy) is 2. The van der Waals surface area contributed by atoms with E-state index >= 15 is 0 Å². The number of nitrogens with one attached hydrogen (secondary N) is 1. The van der Waals surface area contributed by atoms with Crippen molar-refractivity contribution in [2.45, 2.75) is 32.4 Å². The third-order valence-corrected chi connectivity index (χ3v) is 5.36. The smallest absolute Gasteiger partial charge is 0.193 e. The summed E-state index contributed by atoms with van der Waals surface area (Å²) in [4.78, 5) is 11.1. The quantitative estimate of drug-likeness (QED) is 0.403. The lowest BCUT2D eigenvalue weighted by Gasteiger charge is -2.21. The van der Waals surface area contributed by atoms with Crippen molar-refractivity contribution in [3.8, 4) is 5.75 Å². The maximum absolute atomic E-state index is 5.33. The van der Waals surface area contributed by atoms with Crippen molar-refractivity contribution in [1.29, 1.82) is 0 Å². The lowest BCUT2D eigenvalue weighted by Crippen LogP contribution is -2.39. The number of aryl methyl sites for hydroxylation is 1. The first-order valence-electron chi connectivity index (χ1n) is 9.09. The van der Waals surface area contributed by atoms with E-state index in [1.165, 1.54) is 5.56 Å². The van der Waals surface area contributed by atoms with Crippen LogP contribution in [0.4, 0.5) is 0 Å². The van der Waals surface area contributed by atoms with E-state index in [-0.39, 0.29) is 6.10 Å². The standard InChI is InChI=1S/C20H30N4O2S/c1-15(25-4)19-23-17(14-27-19)13-24(3)20(21-2)22-11-7-9-16-8-6-10-18(12-16)26-5/h6,8,10,12,14-15H,7,9,11,13H2,1-5H3,(H,21,22). The molecule has 6 nitrogen and oxygen atoms in total. The zero-order valence-corrected chi connectivity index (χ0v) is 17.7. The van der Waals surface area contributed by atoms with E-state index in [4.69, 9.17) is 9.47 Å². The highest BCUT2D eigenvalue weighted by atomic mass is 32.1. The maximum atomic E-state index is 5.33. The van der Waals surface area contributed by atoms with E-state index < -0.39 is 0 Å². The third kappa shape index (κ3) is 6.52. The molecule has 0 spiro atoms. The predicted molar refractivity (Wildman–Crippen MR) is 112 cm³/mol. The number of methoxy groups -OCH3 is 2. The number of thiazole rings is 1. The van der Waals surface area contributed by atoms with Crippen molar-refractivity contribution in [2.75, 3.05) is 34.9 Å². The Morgan fingerprint density at radius 3 is 2.89 bits per heavy atom. The number of aliphatic imine (C=N–C) groups is 1. The third-order valence-electron chi connectivity index (χ3n) is 4.30. The van der Waals surface area contributed by atoms with Gasteiger partial charge in [0, 0.05) is 33.1 Å². The first kappa shape index (κ1) is 21.2. The molecule has 0 aliphatic rings. The minimum atomic E-state index is 0.0307. The summed E-state index contributed by atoms with van der Waals surface area (Å²) >= 11 is 1.63. The van der Waals surface area contributed by atoms with Crippen LogP contribution in [0.15, 0.2) is 34.6 Å². The van der Waals surface area contributed by atoms with Gasteiger partial charge in [0.1, 0.15) is 16.9 Å². The molecule has 0 saturated heterocycles. The summed E-state index contributed by atoms with van der Waals surface area (Å²) in [5.41, 5.74) is 2.31. The van der Waals surface area contributed by atoms with Gasteiger partial charge in [0.15, 0.2) is 5.96 Å². The molecule has 0 fully saturated rings. The Morgan fingerprint density at radius 2 is 2.19 bits per heavy atom. The highest BCUT2D eigenvalue weighted by Crippen LogP contribution is 2.21. The van der Waals surface area contributed by atoms with Crippen molar-refractivity contribution in [2.24, 2.45) is 4.99 Å². The molecule has 0 radical (unpaired) electrons. The molecule has 1 atom stereocenters. The van der Waals surface area contributed by atoms with Crippen LogP contribution in [0, 0.1) is 0 Å². The van der Waals surface area contributed by atoms with Gasteiger partial charge < -0.3 is 19.7 Å². The molecular formula is C20H30N4O2S. The molecular weight excluding hydrogens is 360 g/mol. The van der Waals surface area contributed by atoms with E-state index in [0.29, 0.717) is 6.54 Å². The molecule has 0 amide bonds. The second-order valence-electron chi connectivity index (χ2n) is 6.34. The van der Waals surface area contributed by atoms with Crippen LogP contribution in [-0.4, -0.2) is 50.7 Å². The van der Waals surface area contributed by atoms with Crippen LogP contribution in [0.25, 0.3) is 0 Å². The van der Waals surface area contributed by atoms with Crippen LogP contribution in [0.1, 0.15) is 35.7 Å². The zero-order valence-electron chi connectivity index (χ0n) is 16.9. The monoisotopic (exact) mass is 390 g/mol. The molecule has 2 aromatic rings. The average molecular weight is 391 g/mol. The molecule has 27 heavy (non-hydrogen) atoms. The fraction of sp³-hybridized carbons (Fsp3) is 0.500. The van der Waals surface area contributed by atoms with E-state index in [0.717, 1.165) is 41.8 Å². The van der Waals surface area contributed by atoms with Gasteiger partial charge in [0.25, 0.3) is 0 Å². The summed E-state index contributed by atoms with van der Waals surface area (Å²) < 4.78 is 10.6. The van der Waals surface area contributed by atoms with Gasteiger partial charge >= 0.3 is 0 Å². The van der Waals surface area contributed by atoms with Gasteiger partial charge in [-0.2, -0.15) is 0 Å². The van der Waals surface area contributed by atoms with Crippen LogP contribution in [0.5, 0.6) is 5.75 Å². The molecule has 1 heterocycles. The Hall–Kier alpha value is -2.12. The van der Waals surface area contributed by atoms with Crippen molar-refractivity contribution in [3.05, 3.63) is 45.9 Å². The topological polar surface area (TPSA) is 59.0 Å². The van der Waals surface area contributed by atoms with Gasteiger partial charge in [0.2, 0.25) is 0 Å². The Kier molecular flexibility index (Phi) is 8.54. The number of aromatic nitrogens is 1. The normalized spacial score (nSPS) is 12.7. The number of nitrogens with zero attached hydrogens (tertiary/aromatic N) is 3. The molecule has 0 aliphatic heterocycles. The van der Waals surface area contributed by atoms with Crippen molar-refractivity contribution in [1.82, 2.24) is 15.2 Å². The summed E-state index contributed by atoms with van der Waals surface area (Å²) in [6.07, 6.45) is 2.05. The molecule has 0 aliphatic carbocycles. The minimum absolute atomic E-state index is 0.0307. The summed E-state index contributed by atoms with van der Waals surface area (Å²) in [6.45, 7) is 3.58. The number of hydrogen-bond acceptors (Lipinski definition) is 5.